The Morgan fingerprint density at radius 2 is 2.15 bits per heavy atom. The minimum atomic E-state index is -0.456. The lowest BCUT2D eigenvalue weighted by Crippen LogP contribution is -2.49. The minimum Gasteiger partial charge on any atom is -0.468 e. The van der Waals surface area contributed by atoms with Crippen molar-refractivity contribution in [2.75, 3.05) is 33.4 Å². The van der Waals surface area contributed by atoms with Crippen molar-refractivity contribution in [1.82, 2.24) is 4.90 Å². The molecule has 110 valence electrons. The number of hydrogen-bond donors (Lipinski definition) is 1. The fourth-order valence-corrected chi connectivity index (χ4v) is 2.49. The van der Waals surface area contributed by atoms with Crippen molar-refractivity contribution in [3.63, 3.8) is 0 Å². The van der Waals surface area contributed by atoms with Gasteiger partial charge in [0.2, 0.25) is 0 Å². The van der Waals surface area contributed by atoms with Gasteiger partial charge in [-0.05, 0) is 12.8 Å². The van der Waals surface area contributed by atoms with E-state index < -0.39 is 6.04 Å². The second kappa shape index (κ2) is 7.26. The number of allylic oxidation sites excluding steroid dienone is 4. The summed E-state index contributed by atoms with van der Waals surface area (Å²) in [5, 5.41) is 0. The van der Waals surface area contributed by atoms with Gasteiger partial charge in [-0.2, -0.15) is 0 Å². The summed E-state index contributed by atoms with van der Waals surface area (Å²) < 4.78 is 10.3. The summed E-state index contributed by atoms with van der Waals surface area (Å²) in [4.78, 5) is 14.3. The largest absolute Gasteiger partial charge is 0.468 e. The molecule has 5 nitrogen and oxygen atoms in total. The van der Waals surface area contributed by atoms with Crippen LogP contribution >= 0.6 is 0 Å². The molecule has 0 spiro atoms. The Bertz CT molecular complexity index is 434. The smallest absolute Gasteiger partial charge is 0.327 e. The second-order valence-electron chi connectivity index (χ2n) is 4.86. The Kier molecular flexibility index (Phi) is 5.38. The average Bonchev–Trinajstić information content (AvgIpc) is 2.47. The number of hydrogen-bond acceptors (Lipinski definition) is 5. The van der Waals surface area contributed by atoms with Crippen molar-refractivity contribution in [3.05, 3.63) is 35.6 Å². The number of carbonyl (C=O) groups excluding carboxylic acids is 1. The van der Waals surface area contributed by atoms with Crippen LogP contribution in [-0.2, 0) is 14.3 Å². The summed E-state index contributed by atoms with van der Waals surface area (Å²) in [7, 11) is 1.41. The Labute approximate surface area is 119 Å². The first-order chi connectivity index (χ1) is 9.74. The van der Waals surface area contributed by atoms with E-state index in [1.165, 1.54) is 7.11 Å². The van der Waals surface area contributed by atoms with Gasteiger partial charge in [-0.1, -0.05) is 24.3 Å². The number of carbonyl (C=O) groups is 1. The van der Waals surface area contributed by atoms with E-state index in [9.17, 15) is 4.79 Å². The molecule has 0 saturated carbocycles. The third-order valence-corrected chi connectivity index (χ3v) is 3.57. The Morgan fingerprint density at radius 1 is 1.40 bits per heavy atom. The fraction of sp³-hybridized carbons (Fsp3) is 0.533. The SMILES string of the molecule is COC(=O)C(C1=C/C=C\CC/C=C\1N)N1CCOCC1. The lowest BCUT2D eigenvalue weighted by Gasteiger charge is -2.34. The minimum absolute atomic E-state index is 0.275. The van der Waals surface area contributed by atoms with E-state index in [4.69, 9.17) is 15.2 Å². The van der Waals surface area contributed by atoms with Crippen LogP contribution in [0.3, 0.4) is 0 Å². The Balaban J connectivity index is 2.30. The molecule has 0 aromatic rings. The van der Waals surface area contributed by atoms with Crippen LogP contribution in [0.4, 0.5) is 0 Å². The monoisotopic (exact) mass is 278 g/mol. The van der Waals surface area contributed by atoms with Crippen LogP contribution in [0.2, 0.25) is 0 Å². The summed E-state index contributed by atoms with van der Waals surface area (Å²) >= 11 is 0. The van der Waals surface area contributed by atoms with E-state index in [-0.39, 0.29) is 5.97 Å². The highest BCUT2D eigenvalue weighted by Crippen LogP contribution is 2.21. The standard InChI is InChI=1S/C15H22N2O3/c1-19-15(18)14(17-8-10-20-11-9-17)12-6-4-2-3-5-7-13(12)16/h2,4,6-7,14H,3,5,8-11,16H2,1H3/b4-2-,12-6+,13-7+. The van der Waals surface area contributed by atoms with Gasteiger partial charge in [0.15, 0.2) is 0 Å². The van der Waals surface area contributed by atoms with Crippen molar-refractivity contribution in [2.24, 2.45) is 5.73 Å². The molecule has 0 radical (unpaired) electrons. The molecule has 0 amide bonds. The summed E-state index contributed by atoms with van der Waals surface area (Å²) in [6.45, 7) is 2.66. The number of ether oxygens (including phenoxy) is 2. The number of esters is 1. The number of morpholine rings is 1. The molecular formula is C15H22N2O3. The topological polar surface area (TPSA) is 64.8 Å². The van der Waals surface area contributed by atoms with Gasteiger partial charge in [0.1, 0.15) is 6.04 Å². The zero-order chi connectivity index (χ0) is 14.4. The zero-order valence-electron chi connectivity index (χ0n) is 11.9. The van der Waals surface area contributed by atoms with Crippen molar-refractivity contribution < 1.29 is 14.3 Å². The van der Waals surface area contributed by atoms with Gasteiger partial charge in [-0.15, -0.1) is 0 Å². The summed E-state index contributed by atoms with van der Waals surface area (Å²) in [5.41, 5.74) is 7.62. The number of nitrogens with two attached hydrogens (primary N) is 1. The lowest BCUT2D eigenvalue weighted by atomic mass is 9.98. The molecule has 0 bridgehead atoms. The number of rotatable bonds is 3. The van der Waals surface area contributed by atoms with Crippen molar-refractivity contribution in [1.29, 1.82) is 0 Å². The van der Waals surface area contributed by atoms with Gasteiger partial charge in [0, 0.05) is 24.4 Å². The fourth-order valence-electron chi connectivity index (χ4n) is 2.49. The molecule has 1 atom stereocenters. The van der Waals surface area contributed by atoms with Crippen LogP contribution in [0.1, 0.15) is 12.8 Å². The highest BCUT2D eigenvalue weighted by atomic mass is 16.5. The van der Waals surface area contributed by atoms with Crippen molar-refractivity contribution in [3.8, 4) is 0 Å². The molecule has 1 aliphatic carbocycles. The maximum absolute atomic E-state index is 12.2. The average molecular weight is 278 g/mol. The molecular weight excluding hydrogens is 256 g/mol. The molecule has 1 saturated heterocycles. The first-order valence-electron chi connectivity index (χ1n) is 6.96. The zero-order valence-corrected chi connectivity index (χ0v) is 11.9. The second-order valence-corrected chi connectivity index (χ2v) is 4.86. The van der Waals surface area contributed by atoms with E-state index in [1.807, 2.05) is 18.2 Å². The van der Waals surface area contributed by atoms with Gasteiger partial charge in [0.25, 0.3) is 0 Å². The van der Waals surface area contributed by atoms with Crippen LogP contribution < -0.4 is 5.73 Å². The first kappa shape index (κ1) is 14.8. The molecule has 1 fully saturated rings. The summed E-state index contributed by atoms with van der Waals surface area (Å²) in [6, 6.07) is -0.456. The van der Waals surface area contributed by atoms with Gasteiger partial charge in [-0.25, -0.2) is 4.79 Å². The quantitative estimate of drug-likeness (QED) is 0.780. The van der Waals surface area contributed by atoms with Crippen LogP contribution in [0.5, 0.6) is 0 Å². The van der Waals surface area contributed by atoms with E-state index in [2.05, 4.69) is 11.0 Å². The molecule has 1 heterocycles. The molecule has 5 heteroatoms. The maximum Gasteiger partial charge on any atom is 0.327 e. The molecule has 20 heavy (non-hydrogen) atoms. The van der Waals surface area contributed by atoms with E-state index in [0.717, 1.165) is 18.4 Å². The summed E-state index contributed by atoms with van der Waals surface area (Å²) in [6.07, 6.45) is 9.79. The molecule has 1 unspecified atom stereocenters. The third-order valence-electron chi connectivity index (χ3n) is 3.57. The summed E-state index contributed by atoms with van der Waals surface area (Å²) in [5.74, 6) is -0.275. The van der Waals surface area contributed by atoms with E-state index in [0.29, 0.717) is 32.0 Å². The van der Waals surface area contributed by atoms with Crippen molar-refractivity contribution >= 4 is 5.97 Å². The molecule has 2 aliphatic rings. The Hall–Kier alpha value is -1.59. The first-order valence-corrected chi connectivity index (χ1v) is 6.96. The van der Waals surface area contributed by atoms with Crippen LogP contribution in [0, 0.1) is 0 Å². The highest BCUT2D eigenvalue weighted by molar-refractivity contribution is 5.81. The molecule has 0 aromatic heterocycles. The van der Waals surface area contributed by atoms with Gasteiger partial charge in [-0.3, -0.25) is 4.90 Å². The van der Waals surface area contributed by atoms with E-state index in [1.54, 1.807) is 0 Å². The van der Waals surface area contributed by atoms with Crippen LogP contribution in [0.15, 0.2) is 35.6 Å². The predicted molar refractivity (Wildman–Crippen MR) is 76.9 cm³/mol. The number of methoxy groups -OCH3 is 1. The molecule has 2 rings (SSSR count). The predicted octanol–water partition coefficient (Wildman–Crippen LogP) is 0.979. The van der Waals surface area contributed by atoms with Gasteiger partial charge < -0.3 is 15.2 Å². The maximum atomic E-state index is 12.2. The molecule has 1 aliphatic heterocycles. The van der Waals surface area contributed by atoms with Gasteiger partial charge >= 0.3 is 5.97 Å². The van der Waals surface area contributed by atoms with E-state index >= 15 is 0 Å². The number of nitrogens with zero attached hydrogens (tertiary/aromatic N) is 1. The Morgan fingerprint density at radius 3 is 2.85 bits per heavy atom. The van der Waals surface area contributed by atoms with Crippen LogP contribution in [0.25, 0.3) is 0 Å². The van der Waals surface area contributed by atoms with Crippen LogP contribution in [-0.4, -0.2) is 50.3 Å². The molecule has 2 N–H and O–H groups in total. The molecule has 0 aromatic carbocycles. The normalized spacial score (nSPS) is 29.1. The van der Waals surface area contributed by atoms with Crippen molar-refractivity contribution in [2.45, 2.75) is 18.9 Å². The highest BCUT2D eigenvalue weighted by Gasteiger charge is 2.32. The lowest BCUT2D eigenvalue weighted by molar-refractivity contribution is -0.146. The third kappa shape index (κ3) is 3.49. The van der Waals surface area contributed by atoms with Gasteiger partial charge in [0.05, 0.1) is 20.3 Å².